The number of rotatable bonds is 6. The second-order valence-corrected chi connectivity index (χ2v) is 6.98. The number of aromatic nitrogens is 2. The number of thioether (sulfide) groups is 1. The Hall–Kier alpha value is -2.44. The minimum absolute atomic E-state index is 0.125. The van der Waals surface area contributed by atoms with Gasteiger partial charge in [-0.05, 0) is 42.8 Å². The Kier molecular flexibility index (Phi) is 5.85. The number of carbonyl (C=O) groups excluding carboxylic acids is 1. The lowest BCUT2D eigenvalue weighted by molar-refractivity contribution is -0.113. The van der Waals surface area contributed by atoms with Crippen LogP contribution in [0.15, 0.2) is 60.0 Å². The predicted octanol–water partition coefficient (Wildman–Crippen LogP) is 4.57. The van der Waals surface area contributed by atoms with Crippen LogP contribution >= 0.6 is 23.4 Å². The average molecular weight is 388 g/mol. The summed E-state index contributed by atoms with van der Waals surface area (Å²) in [4.78, 5) is 16.7. The van der Waals surface area contributed by atoms with Gasteiger partial charge in [0.25, 0.3) is 0 Å². The molecule has 0 aliphatic carbocycles. The molecule has 0 saturated heterocycles. The van der Waals surface area contributed by atoms with Crippen LogP contribution in [0, 0.1) is 6.92 Å². The third-order valence-electron chi connectivity index (χ3n) is 3.65. The number of carbonyl (C=O) groups is 1. The summed E-state index contributed by atoms with van der Waals surface area (Å²) in [7, 11) is 1.58. The van der Waals surface area contributed by atoms with Crippen molar-refractivity contribution in [3.63, 3.8) is 0 Å². The number of nitrogens with one attached hydrogen (secondary N) is 1. The first kappa shape index (κ1) is 18.4. The average Bonchev–Trinajstić information content (AvgIpc) is 3.09. The lowest BCUT2D eigenvalue weighted by atomic mass is 10.2. The van der Waals surface area contributed by atoms with Crippen molar-refractivity contribution in [3.05, 3.63) is 65.4 Å². The number of aryl methyl sites for hydroxylation is 1. The summed E-state index contributed by atoms with van der Waals surface area (Å²) >= 11 is 7.41. The van der Waals surface area contributed by atoms with Crippen LogP contribution in [0.4, 0.5) is 5.69 Å². The van der Waals surface area contributed by atoms with Crippen molar-refractivity contribution in [2.24, 2.45) is 0 Å². The monoisotopic (exact) mass is 387 g/mol. The molecule has 5 nitrogen and oxygen atoms in total. The molecule has 0 unspecified atom stereocenters. The largest absolute Gasteiger partial charge is 0.495 e. The molecule has 1 N–H and O–H groups in total. The first-order valence-electron chi connectivity index (χ1n) is 7.93. The molecule has 1 heterocycles. The Morgan fingerprint density at radius 1 is 1.31 bits per heavy atom. The molecule has 0 bridgehead atoms. The van der Waals surface area contributed by atoms with E-state index < -0.39 is 0 Å². The minimum Gasteiger partial charge on any atom is -0.495 e. The molecule has 0 aliphatic heterocycles. The normalized spacial score (nSPS) is 10.6. The van der Waals surface area contributed by atoms with Crippen LogP contribution in [-0.2, 0) is 4.79 Å². The van der Waals surface area contributed by atoms with E-state index in [1.165, 1.54) is 11.8 Å². The van der Waals surface area contributed by atoms with Crippen LogP contribution in [0.5, 0.6) is 5.75 Å². The number of halogens is 1. The van der Waals surface area contributed by atoms with Gasteiger partial charge >= 0.3 is 0 Å². The zero-order valence-corrected chi connectivity index (χ0v) is 16.0. The summed E-state index contributed by atoms with van der Waals surface area (Å²) in [5, 5.41) is 4.26. The van der Waals surface area contributed by atoms with Gasteiger partial charge in [-0.2, -0.15) is 0 Å². The highest BCUT2D eigenvalue weighted by atomic mass is 35.5. The van der Waals surface area contributed by atoms with Crippen molar-refractivity contribution < 1.29 is 9.53 Å². The highest BCUT2D eigenvalue weighted by molar-refractivity contribution is 7.99. The quantitative estimate of drug-likeness (QED) is 0.629. The first-order chi connectivity index (χ1) is 12.6. The molecule has 3 rings (SSSR count). The highest BCUT2D eigenvalue weighted by Crippen LogP contribution is 2.26. The van der Waals surface area contributed by atoms with Gasteiger partial charge in [-0.1, -0.05) is 35.5 Å². The fourth-order valence-corrected chi connectivity index (χ4v) is 3.41. The number of methoxy groups -OCH3 is 1. The van der Waals surface area contributed by atoms with Gasteiger partial charge in [-0.3, -0.25) is 9.36 Å². The molecule has 0 atom stereocenters. The topological polar surface area (TPSA) is 56.1 Å². The molecular weight excluding hydrogens is 370 g/mol. The molecule has 1 amide bonds. The van der Waals surface area contributed by atoms with Crippen LogP contribution in [-0.4, -0.2) is 28.3 Å². The molecule has 0 radical (unpaired) electrons. The Labute approximate surface area is 161 Å². The number of imidazole rings is 1. The third kappa shape index (κ3) is 4.39. The summed E-state index contributed by atoms with van der Waals surface area (Å²) in [6, 6.07) is 13.1. The summed E-state index contributed by atoms with van der Waals surface area (Å²) in [6.07, 6.45) is 3.54. The smallest absolute Gasteiger partial charge is 0.234 e. The number of benzene rings is 2. The molecule has 0 saturated carbocycles. The summed E-state index contributed by atoms with van der Waals surface area (Å²) < 4.78 is 7.19. The van der Waals surface area contributed by atoms with Crippen molar-refractivity contribution in [1.82, 2.24) is 9.55 Å². The van der Waals surface area contributed by atoms with Crippen molar-refractivity contribution in [2.75, 3.05) is 18.2 Å². The molecule has 0 spiro atoms. The summed E-state index contributed by atoms with van der Waals surface area (Å²) in [6.45, 7) is 1.96. The molecule has 7 heteroatoms. The maximum absolute atomic E-state index is 12.3. The molecule has 0 fully saturated rings. The molecule has 2 aromatic carbocycles. The number of nitrogens with zero attached hydrogens (tertiary/aromatic N) is 2. The lowest BCUT2D eigenvalue weighted by Crippen LogP contribution is -2.15. The molecule has 3 aromatic rings. The van der Waals surface area contributed by atoms with Gasteiger partial charge in [0.1, 0.15) is 5.75 Å². The zero-order valence-electron chi connectivity index (χ0n) is 14.4. The van der Waals surface area contributed by atoms with Gasteiger partial charge in [-0.15, -0.1) is 0 Å². The van der Waals surface area contributed by atoms with E-state index in [2.05, 4.69) is 10.3 Å². The molecule has 1 aromatic heterocycles. The molecule has 0 aliphatic rings. The number of anilines is 1. The van der Waals surface area contributed by atoms with Gasteiger partial charge in [0.2, 0.25) is 5.91 Å². The Balaban J connectivity index is 1.68. The lowest BCUT2D eigenvalue weighted by Gasteiger charge is -2.11. The van der Waals surface area contributed by atoms with Crippen LogP contribution in [0.25, 0.3) is 5.69 Å². The zero-order chi connectivity index (χ0) is 18.5. The predicted molar refractivity (Wildman–Crippen MR) is 106 cm³/mol. The van der Waals surface area contributed by atoms with Crippen LogP contribution in [0.1, 0.15) is 5.56 Å². The van der Waals surface area contributed by atoms with Crippen LogP contribution in [0.2, 0.25) is 5.02 Å². The van der Waals surface area contributed by atoms with Crippen molar-refractivity contribution >= 4 is 35.0 Å². The van der Waals surface area contributed by atoms with Crippen molar-refractivity contribution in [2.45, 2.75) is 12.1 Å². The number of hydrogen-bond acceptors (Lipinski definition) is 4. The van der Waals surface area contributed by atoms with Gasteiger partial charge in [-0.25, -0.2) is 4.98 Å². The third-order valence-corrected chi connectivity index (χ3v) is 4.86. The molecule has 134 valence electrons. The van der Waals surface area contributed by atoms with Gasteiger partial charge < -0.3 is 10.1 Å². The van der Waals surface area contributed by atoms with E-state index >= 15 is 0 Å². The first-order valence-corrected chi connectivity index (χ1v) is 9.30. The molecular formula is C19H18ClN3O2S. The fraction of sp³-hybridized carbons (Fsp3) is 0.158. The summed E-state index contributed by atoms with van der Waals surface area (Å²) in [5.41, 5.74) is 2.61. The minimum atomic E-state index is -0.125. The molecule has 26 heavy (non-hydrogen) atoms. The van der Waals surface area contributed by atoms with Crippen LogP contribution < -0.4 is 10.1 Å². The summed E-state index contributed by atoms with van der Waals surface area (Å²) in [5.74, 6) is 0.739. The maximum atomic E-state index is 12.3. The number of hydrogen-bond donors (Lipinski definition) is 1. The number of ether oxygens (including phenoxy) is 1. The Morgan fingerprint density at radius 2 is 2.15 bits per heavy atom. The Morgan fingerprint density at radius 3 is 2.92 bits per heavy atom. The second-order valence-electron chi connectivity index (χ2n) is 5.60. The number of amides is 1. The van der Waals surface area contributed by atoms with E-state index in [1.807, 2.05) is 60.2 Å². The van der Waals surface area contributed by atoms with Crippen molar-refractivity contribution in [3.8, 4) is 11.4 Å². The SMILES string of the molecule is COc1ccc(C)cc1NC(=O)CSc1nccn1-c1cccc(Cl)c1. The van der Waals surface area contributed by atoms with Crippen molar-refractivity contribution in [1.29, 1.82) is 0 Å². The highest BCUT2D eigenvalue weighted by Gasteiger charge is 2.12. The van der Waals surface area contributed by atoms with E-state index in [4.69, 9.17) is 16.3 Å². The van der Waals surface area contributed by atoms with E-state index in [1.54, 1.807) is 13.3 Å². The van der Waals surface area contributed by atoms with Gasteiger partial charge in [0.05, 0.1) is 18.6 Å². The van der Waals surface area contributed by atoms with E-state index in [9.17, 15) is 4.79 Å². The van der Waals surface area contributed by atoms with Crippen LogP contribution in [0.3, 0.4) is 0 Å². The van der Waals surface area contributed by atoms with Gasteiger partial charge in [0.15, 0.2) is 5.16 Å². The second kappa shape index (κ2) is 8.29. The van der Waals surface area contributed by atoms with Gasteiger partial charge in [0, 0.05) is 23.1 Å². The standard InChI is InChI=1S/C19H18ClN3O2S/c1-13-6-7-17(25-2)16(10-13)22-18(24)12-26-19-21-8-9-23(19)15-5-3-4-14(20)11-15/h3-11H,12H2,1-2H3,(H,22,24). The van der Waals surface area contributed by atoms with E-state index in [0.29, 0.717) is 16.5 Å². The van der Waals surface area contributed by atoms with E-state index in [-0.39, 0.29) is 11.7 Å². The maximum Gasteiger partial charge on any atom is 0.234 e. The fourth-order valence-electron chi connectivity index (χ4n) is 2.45. The Bertz CT molecular complexity index is 927. The van der Waals surface area contributed by atoms with E-state index in [0.717, 1.165) is 16.4 Å².